The fourth-order valence-corrected chi connectivity index (χ4v) is 6.88. The minimum absolute atomic E-state index is 0.192. The van der Waals surface area contributed by atoms with Crippen molar-refractivity contribution in [2.45, 2.75) is 50.0 Å². The summed E-state index contributed by atoms with van der Waals surface area (Å²) in [6, 6.07) is 7.45. The van der Waals surface area contributed by atoms with Crippen molar-refractivity contribution in [2.24, 2.45) is 11.8 Å². The van der Waals surface area contributed by atoms with Crippen LogP contribution < -0.4 is 5.32 Å². The van der Waals surface area contributed by atoms with Crippen LogP contribution in [0.15, 0.2) is 30.3 Å². The molecule has 202 valence electrons. The lowest BCUT2D eigenvalue weighted by Gasteiger charge is -2.37. The van der Waals surface area contributed by atoms with E-state index in [4.69, 9.17) is 14.2 Å². The van der Waals surface area contributed by atoms with E-state index < -0.39 is 41.1 Å². The Morgan fingerprint density at radius 1 is 1.22 bits per heavy atom. The smallest absolute Gasteiger partial charge is 0.312 e. The first-order valence-electron chi connectivity index (χ1n) is 13.3. The highest BCUT2D eigenvalue weighted by Crippen LogP contribution is 2.64. The highest BCUT2D eigenvalue weighted by atomic mass is 16.6. The van der Waals surface area contributed by atoms with Gasteiger partial charge in [0.2, 0.25) is 11.8 Å². The van der Waals surface area contributed by atoms with Crippen LogP contribution >= 0.6 is 0 Å². The Labute approximate surface area is 217 Å². The summed E-state index contributed by atoms with van der Waals surface area (Å²) in [5, 5.41) is 13.5. The average molecular weight is 516 g/mol. The van der Waals surface area contributed by atoms with Gasteiger partial charge in [0.15, 0.2) is 0 Å². The summed E-state index contributed by atoms with van der Waals surface area (Å²) in [6.45, 7) is 7.42. The molecule has 37 heavy (non-hydrogen) atoms. The second kappa shape index (κ2) is 10.3. The fourth-order valence-electron chi connectivity index (χ4n) is 6.88. The number of ether oxygens (including phenoxy) is 3. The number of morpholine rings is 1. The van der Waals surface area contributed by atoms with E-state index >= 15 is 0 Å². The molecule has 4 saturated heterocycles. The molecular formula is C27H37N3O7. The summed E-state index contributed by atoms with van der Waals surface area (Å²) in [5.74, 6) is -2.81. The Balaban J connectivity index is 1.48. The highest BCUT2D eigenvalue weighted by molar-refractivity contribution is 5.98. The minimum Gasteiger partial charge on any atom is -0.466 e. The van der Waals surface area contributed by atoms with E-state index in [1.807, 2.05) is 37.3 Å². The minimum atomic E-state index is -1.16. The van der Waals surface area contributed by atoms with Crippen molar-refractivity contribution in [1.82, 2.24) is 15.1 Å². The third-order valence-electron chi connectivity index (χ3n) is 8.53. The van der Waals surface area contributed by atoms with Gasteiger partial charge in [-0.3, -0.25) is 19.3 Å². The molecule has 4 aliphatic rings. The molecule has 2 N–H and O–H groups in total. The third-order valence-corrected chi connectivity index (χ3v) is 8.53. The molecular weight excluding hydrogens is 478 g/mol. The molecule has 4 fully saturated rings. The standard InChI is InChI=1S/C27H37N3O7/c1-3-36-25(34)21-20-24(33)30(19(17-31)18-7-5-4-6-8-18)22(27(20)10-9-26(21,2)37-27)23(32)28-11-12-29-13-15-35-16-14-29/h4-8,19-22,31H,3,9-17H2,1-2H3,(H,28,32)/t19-,20+,21-,22?,26+,27?/m1/s1. The van der Waals surface area contributed by atoms with Crippen LogP contribution in [0.1, 0.15) is 38.3 Å². The molecule has 0 aliphatic carbocycles. The first kappa shape index (κ1) is 26.1. The lowest BCUT2D eigenvalue weighted by Crippen LogP contribution is -2.57. The Hall–Kier alpha value is -2.53. The summed E-state index contributed by atoms with van der Waals surface area (Å²) in [7, 11) is 0. The number of fused-ring (bicyclic) bond motifs is 1. The van der Waals surface area contributed by atoms with Gasteiger partial charge < -0.3 is 29.5 Å². The van der Waals surface area contributed by atoms with Gasteiger partial charge in [-0.15, -0.1) is 0 Å². The normalized spacial score (nSPS) is 33.9. The van der Waals surface area contributed by atoms with Crippen LogP contribution in [0.3, 0.4) is 0 Å². The zero-order valence-electron chi connectivity index (χ0n) is 21.6. The molecule has 2 bridgehead atoms. The van der Waals surface area contributed by atoms with Crippen LogP contribution in [-0.2, 0) is 28.6 Å². The van der Waals surface area contributed by atoms with E-state index in [0.717, 1.165) is 13.1 Å². The van der Waals surface area contributed by atoms with Crippen molar-refractivity contribution in [2.75, 3.05) is 52.6 Å². The number of aliphatic hydroxyl groups is 1. The Bertz CT molecular complexity index is 1020. The van der Waals surface area contributed by atoms with Gasteiger partial charge in [-0.2, -0.15) is 0 Å². The third kappa shape index (κ3) is 4.33. The topological polar surface area (TPSA) is 118 Å². The van der Waals surface area contributed by atoms with Crippen LogP contribution in [-0.4, -0.2) is 103 Å². The first-order valence-corrected chi connectivity index (χ1v) is 13.3. The lowest BCUT2D eigenvalue weighted by atomic mass is 9.66. The number of amides is 2. The van der Waals surface area contributed by atoms with Gasteiger partial charge in [-0.1, -0.05) is 30.3 Å². The number of likely N-dealkylation sites (tertiary alicyclic amines) is 1. The largest absolute Gasteiger partial charge is 0.466 e. The van der Waals surface area contributed by atoms with Crippen molar-refractivity contribution in [3.05, 3.63) is 35.9 Å². The van der Waals surface area contributed by atoms with Crippen molar-refractivity contribution in [3.8, 4) is 0 Å². The van der Waals surface area contributed by atoms with E-state index in [1.165, 1.54) is 4.90 Å². The SMILES string of the molecule is CCOC(=O)[C@H]1[C@H]2C(=O)N([C@H](CO)c3ccccc3)C(C(=O)NCCN3CCOCC3)C23CC[C@]1(C)O3. The molecule has 0 aromatic heterocycles. The van der Waals surface area contributed by atoms with Crippen molar-refractivity contribution >= 4 is 17.8 Å². The molecule has 2 unspecified atom stereocenters. The second-order valence-electron chi connectivity index (χ2n) is 10.6. The van der Waals surface area contributed by atoms with Crippen molar-refractivity contribution < 1.29 is 33.7 Å². The summed E-state index contributed by atoms with van der Waals surface area (Å²) in [6.07, 6.45) is 1.02. The maximum atomic E-state index is 14.2. The number of rotatable bonds is 9. The summed E-state index contributed by atoms with van der Waals surface area (Å²) in [4.78, 5) is 44.9. The quantitative estimate of drug-likeness (QED) is 0.457. The zero-order valence-corrected chi connectivity index (χ0v) is 21.6. The predicted octanol–water partition coefficient (Wildman–Crippen LogP) is 0.496. The summed E-state index contributed by atoms with van der Waals surface area (Å²) < 4.78 is 17.4. The number of nitrogens with one attached hydrogen (secondary N) is 1. The number of esters is 1. The Morgan fingerprint density at radius 2 is 1.95 bits per heavy atom. The molecule has 4 heterocycles. The summed E-state index contributed by atoms with van der Waals surface area (Å²) in [5.41, 5.74) is -1.32. The lowest BCUT2D eigenvalue weighted by molar-refractivity contribution is -0.160. The molecule has 1 spiro atoms. The van der Waals surface area contributed by atoms with Crippen LogP contribution in [0.25, 0.3) is 0 Å². The first-order chi connectivity index (χ1) is 17.9. The number of nitrogens with zero attached hydrogens (tertiary/aromatic N) is 2. The second-order valence-corrected chi connectivity index (χ2v) is 10.6. The average Bonchev–Trinajstić information content (AvgIpc) is 3.47. The van der Waals surface area contributed by atoms with E-state index in [-0.39, 0.29) is 25.0 Å². The molecule has 0 radical (unpaired) electrons. The maximum Gasteiger partial charge on any atom is 0.312 e. The number of hydrogen-bond acceptors (Lipinski definition) is 8. The number of hydrogen-bond donors (Lipinski definition) is 2. The highest BCUT2D eigenvalue weighted by Gasteiger charge is 2.78. The van der Waals surface area contributed by atoms with Crippen LogP contribution in [0.4, 0.5) is 0 Å². The van der Waals surface area contributed by atoms with E-state index in [9.17, 15) is 19.5 Å². The van der Waals surface area contributed by atoms with Gasteiger partial charge in [0.05, 0.1) is 44.0 Å². The maximum absolute atomic E-state index is 14.2. The van der Waals surface area contributed by atoms with Gasteiger partial charge in [0.25, 0.3) is 0 Å². The number of benzene rings is 1. The monoisotopic (exact) mass is 515 g/mol. The van der Waals surface area contributed by atoms with E-state index in [2.05, 4.69) is 10.2 Å². The summed E-state index contributed by atoms with van der Waals surface area (Å²) >= 11 is 0. The van der Waals surface area contributed by atoms with Gasteiger partial charge in [0.1, 0.15) is 17.6 Å². The molecule has 6 atom stereocenters. The van der Waals surface area contributed by atoms with Gasteiger partial charge in [-0.05, 0) is 32.3 Å². The number of carbonyl (C=O) groups excluding carboxylic acids is 3. The van der Waals surface area contributed by atoms with Crippen LogP contribution in [0, 0.1) is 11.8 Å². The molecule has 4 aliphatic heterocycles. The Kier molecular flexibility index (Phi) is 7.28. The number of carbonyl (C=O) groups is 3. The fraction of sp³-hybridized carbons (Fsp3) is 0.667. The molecule has 10 nitrogen and oxygen atoms in total. The molecule has 0 saturated carbocycles. The zero-order chi connectivity index (χ0) is 26.2. The predicted molar refractivity (Wildman–Crippen MR) is 132 cm³/mol. The van der Waals surface area contributed by atoms with Gasteiger partial charge in [-0.25, -0.2) is 0 Å². The molecule has 2 amide bonds. The molecule has 10 heteroatoms. The van der Waals surface area contributed by atoms with E-state index in [0.29, 0.717) is 44.7 Å². The molecule has 1 aromatic carbocycles. The molecule has 1 aromatic rings. The van der Waals surface area contributed by atoms with Crippen LogP contribution in [0.2, 0.25) is 0 Å². The van der Waals surface area contributed by atoms with Crippen molar-refractivity contribution in [1.29, 1.82) is 0 Å². The Morgan fingerprint density at radius 3 is 2.62 bits per heavy atom. The van der Waals surface area contributed by atoms with Gasteiger partial charge >= 0.3 is 5.97 Å². The van der Waals surface area contributed by atoms with E-state index in [1.54, 1.807) is 6.92 Å². The van der Waals surface area contributed by atoms with Gasteiger partial charge in [0, 0.05) is 26.2 Å². The van der Waals surface area contributed by atoms with Crippen LogP contribution in [0.5, 0.6) is 0 Å². The van der Waals surface area contributed by atoms with Crippen molar-refractivity contribution in [3.63, 3.8) is 0 Å². The number of aliphatic hydroxyl groups excluding tert-OH is 1. The molecule has 5 rings (SSSR count).